The maximum atomic E-state index is 12.7. The van der Waals surface area contributed by atoms with Crippen molar-refractivity contribution in [2.24, 2.45) is 0 Å². The highest BCUT2D eigenvalue weighted by Gasteiger charge is 2.37. The SMILES string of the molecule is COc1cc2ncnc(Oc3cnn(CC(=O)Nc4cccc(CO[Si](C)(C)C(C)(C)C)n4)c3)c2cc1OC. The fourth-order valence-electron chi connectivity index (χ4n) is 3.47. The molecule has 0 aliphatic heterocycles. The third kappa shape index (κ3) is 6.70. The molecule has 3 aromatic heterocycles. The lowest BCUT2D eigenvalue weighted by Crippen LogP contribution is -2.40. The van der Waals surface area contributed by atoms with Crippen LogP contribution >= 0.6 is 0 Å². The minimum Gasteiger partial charge on any atom is -0.493 e. The first-order valence-electron chi connectivity index (χ1n) is 12.5. The number of pyridine rings is 1. The van der Waals surface area contributed by atoms with Gasteiger partial charge in [0.15, 0.2) is 25.6 Å². The van der Waals surface area contributed by atoms with Gasteiger partial charge in [-0.05, 0) is 36.3 Å². The summed E-state index contributed by atoms with van der Waals surface area (Å²) >= 11 is 0. The first-order chi connectivity index (χ1) is 18.5. The van der Waals surface area contributed by atoms with Gasteiger partial charge in [0, 0.05) is 6.07 Å². The predicted octanol–water partition coefficient (Wildman–Crippen LogP) is 5.19. The van der Waals surface area contributed by atoms with Crippen LogP contribution in [0.15, 0.2) is 49.1 Å². The number of carbonyl (C=O) groups excluding carboxylic acids is 1. The topological polar surface area (TPSA) is 123 Å². The molecule has 3 heterocycles. The number of hydrogen-bond acceptors (Lipinski definition) is 9. The number of ether oxygens (including phenoxy) is 3. The number of nitrogens with zero attached hydrogens (tertiary/aromatic N) is 5. The summed E-state index contributed by atoms with van der Waals surface area (Å²) in [5.74, 6) is 2.00. The summed E-state index contributed by atoms with van der Waals surface area (Å²) in [6.07, 6.45) is 4.53. The Morgan fingerprint density at radius 3 is 2.54 bits per heavy atom. The molecule has 1 amide bonds. The Morgan fingerprint density at radius 2 is 1.82 bits per heavy atom. The number of rotatable bonds is 10. The van der Waals surface area contributed by atoms with Gasteiger partial charge < -0.3 is 24.0 Å². The molecule has 0 unspecified atom stereocenters. The molecule has 0 aliphatic rings. The van der Waals surface area contributed by atoms with E-state index in [0.29, 0.717) is 46.5 Å². The summed E-state index contributed by atoms with van der Waals surface area (Å²) in [4.78, 5) is 25.8. The van der Waals surface area contributed by atoms with E-state index in [1.54, 1.807) is 38.6 Å². The molecular weight excluding hydrogens is 516 g/mol. The Morgan fingerprint density at radius 1 is 1.08 bits per heavy atom. The molecule has 0 radical (unpaired) electrons. The van der Waals surface area contributed by atoms with Gasteiger partial charge in [-0.1, -0.05) is 26.8 Å². The second-order valence-corrected chi connectivity index (χ2v) is 15.3. The zero-order valence-electron chi connectivity index (χ0n) is 23.3. The van der Waals surface area contributed by atoms with Crippen LogP contribution in [0, 0.1) is 0 Å². The van der Waals surface area contributed by atoms with Gasteiger partial charge in [-0.15, -0.1) is 0 Å². The van der Waals surface area contributed by atoms with Crippen molar-refractivity contribution < 1.29 is 23.4 Å². The van der Waals surface area contributed by atoms with E-state index in [0.717, 1.165) is 5.69 Å². The van der Waals surface area contributed by atoms with Crippen molar-refractivity contribution in [1.29, 1.82) is 0 Å². The van der Waals surface area contributed by atoms with Crippen LogP contribution in [0.2, 0.25) is 18.1 Å². The molecule has 0 aliphatic carbocycles. The van der Waals surface area contributed by atoms with Crippen LogP contribution < -0.4 is 19.5 Å². The minimum absolute atomic E-state index is 0.0225. The molecule has 1 aromatic carbocycles. The summed E-state index contributed by atoms with van der Waals surface area (Å²) in [5.41, 5.74) is 1.40. The van der Waals surface area contributed by atoms with Gasteiger partial charge in [-0.25, -0.2) is 15.0 Å². The molecular formula is C27H34N6O5Si. The van der Waals surface area contributed by atoms with E-state index >= 15 is 0 Å². The number of benzene rings is 1. The van der Waals surface area contributed by atoms with Gasteiger partial charge >= 0.3 is 0 Å². The first-order valence-corrected chi connectivity index (χ1v) is 15.4. The number of carbonyl (C=O) groups is 1. The summed E-state index contributed by atoms with van der Waals surface area (Å²) in [6, 6.07) is 8.99. The fraction of sp³-hybridized carbons (Fsp3) is 0.370. The molecule has 0 atom stereocenters. The third-order valence-corrected chi connectivity index (χ3v) is 11.2. The number of aromatic nitrogens is 5. The molecule has 1 N–H and O–H groups in total. The Balaban J connectivity index is 1.39. The van der Waals surface area contributed by atoms with Crippen LogP contribution in [0.1, 0.15) is 26.5 Å². The van der Waals surface area contributed by atoms with Crippen LogP contribution in [0.3, 0.4) is 0 Å². The fourth-order valence-corrected chi connectivity index (χ4v) is 4.41. The standard InChI is InChI=1S/C27H34N6O5Si/c1-27(2,3)39(6,7)37-16-18-9-8-10-24(31-18)32-25(34)15-33-14-19(13-30-33)38-26-20-11-22(35-4)23(36-5)12-21(20)28-17-29-26/h8-14,17H,15-16H2,1-7H3,(H,31,32,34). The van der Waals surface area contributed by atoms with E-state index in [1.165, 1.54) is 17.2 Å². The Hall–Kier alpha value is -4.03. The second-order valence-electron chi connectivity index (χ2n) is 10.5. The van der Waals surface area contributed by atoms with Crippen molar-refractivity contribution in [1.82, 2.24) is 24.7 Å². The van der Waals surface area contributed by atoms with E-state index in [9.17, 15) is 4.79 Å². The second kappa shape index (κ2) is 11.4. The third-order valence-electron chi connectivity index (χ3n) is 6.70. The van der Waals surface area contributed by atoms with Crippen LogP contribution in [0.4, 0.5) is 5.82 Å². The molecule has 4 aromatic rings. The number of fused-ring (bicyclic) bond motifs is 1. The lowest BCUT2D eigenvalue weighted by atomic mass is 10.2. The Labute approximate surface area is 228 Å². The summed E-state index contributed by atoms with van der Waals surface area (Å²) in [6.45, 7) is 11.4. The Kier molecular flexibility index (Phi) is 8.16. The van der Waals surface area contributed by atoms with Crippen LogP contribution in [-0.2, 0) is 22.4 Å². The van der Waals surface area contributed by atoms with Gasteiger partial charge in [0.1, 0.15) is 18.7 Å². The van der Waals surface area contributed by atoms with Crippen LogP contribution in [-0.4, -0.2) is 53.2 Å². The van der Waals surface area contributed by atoms with Gasteiger partial charge in [0.05, 0.1) is 49.8 Å². The molecule has 11 nitrogen and oxygen atoms in total. The molecule has 206 valence electrons. The molecule has 0 bridgehead atoms. The minimum atomic E-state index is -1.91. The summed E-state index contributed by atoms with van der Waals surface area (Å²) in [7, 11) is 1.20. The average molecular weight is 551 g/mol. The number of methoxy groups -OCH3 is 2. The molecule has 0 saturated carbocycles. The summed E-state index contributed by atoms with van der Waals surface area (Å²) in [5, 5.41) is 7.81. The maximum absolute atomic E-state index is 12.7. The first kappa shape index (κ1) is 28.0. The molecule has 0 spiro atoms. The molecule has 0 fully saturated rings. The molecule has 12 heteroatoms. The number of anilines is 1. The highest BCUT2D eigenvalue weighted by Crippen LogP contribution is 2.37. The monoisotopic (exact) mass is 550 g/mol. The average Bonchev–Trinajstić information content (AvgIpc) is 3.32. The molecule has 0 saturated heterocycles. The van der Waals surface area contributed by atoms with Crippen molar-refractivity contribution >= 4 is 30.9 Å². The van der Waals surface area contributed by atoms with E-state index in [-0.39, 0.29) is 17.5 Å². The molecule has 39 heavy (non-hydrogen) atoms. The van der Waals surface area contributed by atoms with E-state index in [2.05, 4.69) is 59.2 Å². The number of hydrogen-bond donors (Lipinski definition) is 1. The molecule has 4 rings (SSSR count). The van der Waals surface area contributed by atoms with E-state index in [1.807, 2.05) is 12.1 Å². The van der Waals surface area contributed by atoms with Gasteiger partial charge in [0.25, 0.3) is 0 Å². The van der Waals surface area contributed by atoms with E-state index < -0.39 is 8.32 Å². The lowest BCUT2D eigenvalue weighted by molar-refractivity contribution is -0.116. The largest absolute Gasteiger partial charge is 0.493 e. The Bertz CT molecular complexity index is 1470. The van der Waals surface area contributed by atoms with Gasteiger partial charge in [-0.3, -0.25) is 9.48 Å². The van der Waals surface area contributed by atoms with Crippen molar-refractivity contribution in [3.8, 4) is 23.1 Å². The summed E-state index contributed by atoms with van der Waals surface area (Å²) < 4.78 is 24.4. The normalized spacial score (nSPS) is 11.9. The maximum Gasteiger partial charge on any atom is 0.247 e. The smallest absolute Gasteiger partial charge is 0.247 e. The van der Waals surface area contributed by atoms with Gasteiger partial charge in [-0.2, -0.15) is 5.10 Å². The quantitative estimate of drug-likeness (QED) is 0.266. The van der Waals surface area contributed by atoms with Crippen LogP contribution in [0.5, 0.6) is 23.1 Å². The highest BCUT2D eigenvalue weighted by atomic mass is 28.4. The van der Waals surface area contributed by atoms with Crippen molar-refractivity contribution in [2.75, 3.05) is 19.5 Å². The zero-order chi connectivity index (χ0) is 28.2. The lowest BCUT2D eigenvalue weighted by Gasteiger charge is -2.36. The highest BCUT2D eigenvalue weighted by molar-refractivity contribution is 6.74. The zero-order valence-corrected chi connectivity index (χ0v) is 24.3. The van der Waals surface area contributed by atoms with Crippen molar-refractivity contribution in [3.05, 3.63) is 54.7 Å². The van der Waals surface area contributed by atoms with Gasteiger partial charge in [0.2, 0.25) is 11.8 Å². The predicted molar refractivity (Wildman–Crippen MR) is 150 cm³/mol. The van der Waals surface area contributed by atoms with Crippen molar-refractivity contribution in [2.45, 2.75) is 52.1 Å². The van der Waals surface area contributed by atoms with Crippen LogP contribution in [0.25, 0.3) is 10.9 Å². The number of amides is 1. The van der Waals surface area contributed by atoms with Crippen molar-refractivity contribution in [3.63, 3.8) is 0 Å². The number of nitrogens with one attached hydrogen (secondary N) is 1. The van der Waals surface area contributed by atoms with E-state index in [4.69, 9.17) is 18.6 Å².